The number of hydrogen-bond acceptors (Lipinski definition) is 3. The number of hydrogen-bond donors (Lipinski definition) is 2. The Balaban J connectivity index is 1.71. The summed E-state index contributed by atoms with van der Waals surface area (Å²) in [6.07, 6.45) is 9.34. The van der Waals surface area contributed by atoms with Crippen LogP contribution in [0.2, 0.25) is 0 Å². The lowest BCUT2D eigenvalue weighted by molar-refractivity contribution is -0.117. The van der Waals surface area contributed by atoms with E-state index >= 15 is 0 Å². The molecule has 3 saturated carbocycles. The second-order valence-electron chi connectivity index (χ2n) is 9.07. The average molecular weight is 335 g/mol. The smallest absolute Gasteiger partial charge is 0.155 e. The Morgan fingerprint density at radius 3 is 2.78 bits per heavy atom. The van der Waals surface area contributed by atoms with Crippen LogP contribution in [-0.4, -0.2) is 22.7 Å². The molecular formula is C20H30O2S. The minimum atomic E-state index is -0.134. The number of fused-ring (bicyclic) bond motifs is 5. The largest absolute Gasteiger partial charge is 0.392 e. The highest BCUT2D eigenvalue weighted by Gasteiger charge is 2.61. The quantitative estimate of drug-likeness (QED) is 0.710. The molecule has 0 spiro atoms. The molecule has 1 N–H and O–H groups in total. The maximum absolute atomic E-state index is 11.9. The van der Waals surface area contributed by atoms with Gasteiger partial charge in [-0.25, -0.2) is 0 Å². The number of aliphatic hydroxyl groups is 1. The molecule has 0 heterocycles. The van der Waals surface area contributed by atoms with Gasteiger partial charge in [-0.15, -0.1) is 0 Å². The molecule has 4 rings (SSSR count). The summed E-state index contributed by atoms with van der Waals surface area (Å²) >= 11 is 4.77. The molecule has 4 aliphatic rings. The summed E-state index contributed by atoms with van der Waals surface area (Å²) in [6.45, 7) is 4.57. The summed E-state index contributed by atoms with van der Waals surface area (Å²) in [5.74, 6) is 3.67. The number of thiol groups is 1. The third-order valence-corrected chi connectivity index (χ3v) is 8.81. The van der Waals surface area contributed by atoms with Crippen LogP contribution in [0.3, 0.4) is 0 Å². The Kier molecular flexibility index (Phi) is 3.77. The van der Waals surface area contributed by atoms with E-state index in [0.29, 0.717) is 35.9 Å². The zero-order chi connectivity index (χ0) is 16.4. The Hall–Kier alpha value is -0.280. The standard InChI is InChI=1S/C20H30O2S/c1-12-9-17-15-4-3-13-10-14(21)5-8-20(13,11-23)16(15)6-7-19(17,2)18(12)22/h10,12,15-18,22-23H,3-9,11H2,1-2H3/t12?,15-,16-,17+,18?,19+,20-/m1/s1. The molecule has 3 heteroatoms. The summed E-state index contributed by atoms with van der Waals surface area (Å²) in [5, 5.41) is 10.8. The van der Waals surface area contributed by atoms with E-state index in [-0.39, 0.29) is 16.9 Å². The van der Waals surface area contributed by atoms with E-state index < -0.39 is 0 Å². The molecule has 2 nitrogen and oxygen atoms in total. The summed E-state index contributed by atoms with van der Waals surface area (Å²) in [7, 11) is 0. The second kappa shape index (κ2) is 5.36. The molecule has 2 unspecified atom stereocenters. The lowest BCUT2D eigenvalue weighted by Gasteiger charge is -2.58. The van der Waals surface area contributed by atoms with Gasteiger partial charge in [0.05, 0.1) is 6.10 Å². The zero-order valence-corrected chi connectivity index (χ0v) is 15.3. The van der Waals surface area contributed by atoms with E-state index in [4.69, 9.17) is 12.6 Å². The van der Waals surface area contributed by atoms with E-state index in [1.54, 1.807) is 0 Å². The maximum atomic E-state index is 11.9. The van der Waals surface area contributed by atoms with Crippen LogP contribution in [0.5, 0.6) is 0 Å². The number of allylic oxidation sites excluding steroid dienone is 1. The predicted molar refractivity (Wildman–Crippen MR) is 95.4 cm³/mol. The predicted octanol–water partition coefficient (Wildman–Crippen LogP) is 4.04. The fraction of sp³-hybridized carbons (Fsp3) is 0.850. The van der Waals surface area contributed by atoms with E-state index in [1.165, 1.54) is 24.8 Å². The van der Waals surface area contributed by atoms with Crippen LogP contribution in [0, 0.1) is 34.5 Å². The molecule has 0 aromatic carbocycles. The fourth-order valence-electron chi connectivity index (χ4n) is 7.00. The molecule has 0 aromatic rings. The number of ketones is 1. The van der Waals surface area contributed by atoms with Gasteiger partial charge in [0.25, 0.3) is 0 Å². The van der Waals surface area contributed by atoms with E-state index in [2.05, 4.69) is 13.8 Å². The highest BCUT2D eigenvalue weighted by atomic mass is 32.1. The zero-order valence-electron chi connectivity index (χ0n) is 14.4. The van der Waals surface area contributed by atoms with Crippen molar-refractivity contribution in [2.24, 2.45) is 34.5 Å². The van der Waals surface area contributed by atoms with Gasteiger partial charge in [-0.3, -0.25) is 4.79 Å². The summed E-state index contributed by atoms with van der Waals surface area (Å²) < 4.78 is 0. The molecule has 0 amide bonds. The molecule has 3 fully saturated rings. The van der Waals surface area contributed by atoms with Crippen molar-refractivity contribution in [2.45, 2.75) is 64.9 Å². The van der Waals surface area contributed by atoms with E-state index in [9.17, 15) is 9.90 Å². The van der Waals surface area contributed by atoms with Crippen LogP contribution < -0.4 is 0 Å². The van der Waals surface area contributed by atoms with Crippen LogP contribution in [0.1, 0.15) is 58.8 Å². The number of aliphatic hydroxyl groups excluding tert-OH is 1. The molecule has 0 bridgehead atoms. The molecule has 23 heavy (non-hydrogen) atoms. The SMILES string of the molecule is CC1C[C@H]2[C@@H]3CCC4=CC(=O)CC[C@]4(CS)[C@@H]3CC[C@]2(C)C1O. The van der Waals surface area contributed by atoms with Crippen molar-refractivity contribution in [1.29, 1.82) is 0 Å². The van der Waals surface area contributed by atoms with Gasteiger partial charge in [-0.2, -0.15) is 12.6 Å². The van der Waals surface area contributed by atoms with Crippen molar-refractivity contribution in [3.05, 3.63) is 11.6 Å². The van der Waals surface area contributed by atoms with Gasteiger partial charge in [-0.05, 0) is 79.4 Å². The van der Waals surface area contributed by atoms with Crippen LogP contribution in [0.15, 0.2) is 11.6 Å². The summed E-state index contributed by atoms with van der Waals surface area (Å²) in [5.41, 5.74) is 1.68. The fourth-order valence-corrected chi connectivity index (χ4v) is 7.59. The van der Waals surface area contributed by atoms with Crippen molar-refractivity contribution >= 4 is 18.4 Å². The first-order valence-electron chi connectivity index (χ1n) is 9.45. The number of rotatable bonds is 1. The van der Waals surface area contributed by atoms with Crippen molar-refractivity contribution in [2.75, 3.05) is 5.75 Å². The van der Waals surface area contributed by atoms with Gasteiger partial charge in [0.1, 0.15) is 0 Å². The van der Waals surface area contributed by atoms with Crippen LogP contribution in [-0.2, 0) is 4.79 Å². The maximum Gasteiger partial charge on any atom is 0.155 e. The lowest BCUT2D eigenvalue weighted by Crippen LogP contribution is -2.53. The number of carbonyl (C=O) groups excluding carboxylic acids is 1. The molecule has 0 aromatic heterocycles. The van der Waals surface area contributed by atoms with Crippen molar-refractivity contribution in [3.63, 3.8) is 0 Å². The van der Waals surface area contributed by atoms with Gasteiger partial charge in [-0.1, -0.05) is 19.4 Å². The number of carbonyl (C=O) groups is 1. The Labute approximate surface area is 145 Å². The summed E-state index contributed by atoms with van der Waals surface area (Å²) in [6, 6.07) is 0. The van der Waals surface area contributed by atoms with E-state index in [0.717, 1.165) is 25.0 Å². The highest BCUT2D eigenvalue weighted by Crippen LogP contribution is 2.66. The van der Waals surface area contributed by atoms with Gasteiger partial charge in [0.15, 0.2) is 5.78 Å². The van der Waals surface area contributed by atoms with Crippen LogP contribution >= 0.6 is 12.6 Å². The third kappa shape index (κ3) is 2.08. The van der Waals surface area contributed by atoms with Gasteiger partial charge >= 0.3 is 0 Å². The molecule has 0 saturated heterocycles. The van der Waals surface area contributed by atoms with Crippen LogP contribution in [0.25, 0.3) is 0 Å². The van der Waals surface area contributed by atoms with Crippen LogP contribution in [0.4, 0.5) is 0 Å². The van der Waals surface area contributed by atoms with Crippen molar-refractivity contribution in [3.8, 4) is 0 Å². The third-order valence-electron chi connectivity index (χ3n) is 8.25. The molecule has 0 aliphatic heterocycles. The van der Waals surface area contributed by atoms with Crippen molar-refractivity contribution < 1.29 is 9.90 Å². The first kappa shape index (κ1) is 16.2. The topological polar surface area (TPSA) is 37.3 Å². The Bertz CT molecular complexity index is 556. The summed E-state index contributed by atoms with van der Waals surface area (Å²) in [4.78, 5) is 11.9. The van der Waals surface area contributed by atoms with E-state index in [1.807, 2.05) is 6.08 Å². The normalized spacial score (nSPS) is 52.4. The Morgan fingerprint density at radius 2 is 2.04 bits per heavy atom. The molecule has 0 radical (unpaired) electrons. The molecule has 128 valence electrons. The first-order valence-corrected chi connectivity index (χ1v) is 10.1. The first-order chi connectivity index (χ1) is 10.9. The molecule has 4 aliphatic carbocycles. The minimum Gasteiger partial charge on any atom is -0.392 e. The van der Waals surface area contributed by atoms with Gasteiger partial charge in [0.2, 0.25) is 0 Å². The van der Waals surface area contributed by atoms with Gasteiger partial charge < -0.3 is 5.11 Å². The molecule has 7 atom stereocenters. The molecular weight excluding hydrogens is 304 g/mol. The lowest BCUT2D eigenvalue weighted by atomic mass is 9.47. The highest BCUT2D eigenvalue weighted by molar-refractivity contribution is 7.80. The van der Waals surface area contributed by atoms with Gasteiger partial charge in [0, 0.05) is 11.8 Å². The Morgan fingerprint density at radius 1 is 1.26 bits per heavy atom. The second-order valence-corrected chi connectivity index (χ2v) is 9.38. The van der Waals surface area contributed by atoms with Crippen molar-refractivity contribution in [1.82, 2.24) is 0 Å². The average Bonchev–Trinajstić information content (AvgIpc) is 2.78. The minimum absolute atomic E-state index is 0.115. The monoisotopic (exact) mass is 334 g/mol.